The molecule has 0 aliphatic rings. The van der Waals surface area contributed by atoms with E-state index in [1.807, 2.05) is 54.6 Å². The van der Waals surface area contributed by atoms with Crippen molar-refractivity contribution in [2.45, 2.75) is 6.61 Å². The molecule has 0 atom stereocenters. The molecule has 5 nitrogen and oxygen atoms in total. The van der Waals surface area contributed by atoms with Crippen LogP contribution in [0.2, 0.25) is 0 Å². The smallest absolute Gasteiger partial charge is 0.161 e. The summed E-state index contributed by atoms with van der Waals surface area (Å²) in [5, 5.41) is 7.72. The van der Waals surface area contributed by atoms with Gasteiger partial charge in [-0.15, -0.1) is 0 Å². The maximum atomic E-state index is 5.85. The molecule has 0 aliphatic heterocycles. The molecule has 2 heterocycles. The summed E-state index contributed by atoms with van der Waals surface area (Å²) in [7, 11) is 0. The topological polar surface area (TPSA) is 63.7 Å². The summed E-state index contributed by atoms with van der Waals surface area (Å²) >= 11 is 0. The number of aromatic amines is 1. The number of nitrogens with one attached hydrogen (secondary N) is 1. The average molecular weight is 302 g/mol. The van der Waals surface area contributed by atoms with E-state index in [2.05, 4.69) is 20.2 Å². The molecule has 0 fully saturated rings. The zero-order chi connectivity index (χ0) is 15.5. The first-order valence-corrected chi connectivity index (χ1v) is 7.32. The van der Waals surface area contributed by atoms with Gasteiger partial charge in [-0.2, -0.15) is 5.10 Å². The number of H-pyrrole nitrogens is 1. The Morgan fingerprint density at radius 2 is 1.87 bits per heavy atom. The number of fused-ring (bicyclic) bond motifs is 1. The van der Waals surface area contributed by atoms with Gasteiger partial charge in [0.05, 0.1) is 11.6 Å². The van der Waals surface area contributed by atoms with Crippen LogP contribution in [0, 0.1) is 0 Å². The molecule has 0 aliphatic carbocycles. The van der Waals surface area contributed by atoms with Crippen molar-refractivity contribution in [2.24, 2.45) is 0 Å². The summed E-state index contributed by atoms with van der Waals surface area (Å²) < 4.78 is 5.85. The molecule has 0 amide bonds. The zero-order valence-corrected chi connectivity index (χ0v) is 12.3. The third kappa shape index (κ3) is 2.89. The van der Waals surface area contributed by atoms with E-state index in [-0.39, 0.29) is 0 Å². The van der Waals surface area contributed by atoms with Gasteiger partial charge in [-0.3, -0.25) is 5.10 Å². The summed E-state index contributed by atoms with van der Waals surface area (Å²) in [4.78, 5) is 8.86. The van der Waals surface area contributed by atoms with E-state index in [0.29, 0.717) is 12.4 Å². The second kappa shape index (κ2) is 5.88. The number of rotatable bonds is 4. The number of hydrogen-bond acceptors (Lipinski definition) is 4. The van der Waals surface area contributed by atoms with Gasteiger partial charge in [-0.05, 0) is 17.7 Å². The normalized spacial score (nSPS) is 10.8. The Hall–Kier alpha value is -3.21. The Labute approximate surface area is 133 Å². The maximum absolute atomic E-state index is 5.85. The first kappa shape index (κ1) is 13.5. The molecule has 23 heavy (non-hydrogen) atoms. The van der Waals surface area contributed by atoms with Crippen molar-refractivity contribution in [1.29, 1.82) is 0 Å². The van der Waals surface area contributed by atoms with Gasteiger partial charge in [0.25, 0.3) is 0 Å². The lowest BCUT2D eigenvalue weighted by Gasteiger charge is -2.07. The molecule has 2 aromatic heterocycles. The summed E-state index contributed by atoms with van der Waals surface area (Å²) in [5.41, 5.74) is 2.77. The van der Waals surface area contributed by atoms with Crippen LogP contribution in [0.1, 0.15) is 5.56 Å². The molecule has 4 rings (SSSR count). The van der Waals surface area contributed by atoms with Gasteiger partial charge in [0.2, 0.25) is 0 Å². The first-order valence-electron chi connectivity index (χ1n) is 7.32. The van der Waals surface area contributed by atoms with Gasteiger partial charge in [0.1, 0.15) is 12.4 Å². The van der Waals surface area contributed by atoms with E-state index in [0.717, 1.165) is 27.9 Å². The minimum absolute atomic E-state index is 0.532. The maximum Gasteiger partial charge on any atom is 0.161 e. The van der Waals surface area contributed by atoms with Gasteiger partial charge in [-0.1, -0.05) is 42.5 Å². The van der Waals surface area contributed by atoms with Crippen LogP contribution in [0.5, 0.6) is 5.75 Å². The Bertz CT molecular complexity index is 934. The Morgan fingerprint density at radius 1 is 0.957 bits per heavy atom. The molecule has 0 radical (unpaired) electrons. The van der Waals surface area contributed by atoms with Gasteiger partial charge < -0.3 is 4.74 Å². The van der Waals surface area contributed by atoms with Crippen molar-refractivity contribution in [1.82, 2.24) is 20.2 Å². The highest BCUT2D eigenvalue weighted by Gasteiger charge is 2.06. The third-order valence-corrected chi connectivity index (χ3v) is 3.53. The van der Waals surface area contributed by atoms with Gasteiger partial charge >= 0.3 is 0 Å². The fraction of sp³-hybridized carbons (Fsp3) is 0.0556. The summed E-state index contributed by atoms with van der Waals surface area (Å²) in [6, 6.07) is 17.9. The molecule has 1 N–H and O–H groups in total. The zero-order valence-electron chi connectivity index (χ0n) is 12.3. The number of hydrogen-bond donors (Lipinski definition) is 1. The summed E-state index contributed by atoms with van der Waals surface area (Å²) in [5.74, 6) is 1.44. The van der Waals surface area contributed by atoms with E-state index in [9.17, 15) is 0 Å². The first-order chi connectivity index (χ1) is 11.4. The second-order valence-corrected chi connectivity index (χ2v) is 5.17. The largest absolute Gasteiger partial charge is 0.489 e. The van der Waals surface area contributed by atoms with E-state index < -0.39 is 0 Å². The molecule has 5 heteroatoms. The van der Waals surface area contributed by atoms with Gasteiger partial charge in [-0.25, -0.2) is 9.97 Å². The fourth-order valence-electron chi connectivity index (χ4n) is 2.34. The van der Waals surface area contributed by atoms with Crippen LogP contribution in [-0.4, -0.2) is 20.2 Å². The van der Waals surface area contributed by atoms with Crippen LogP contribution >= 0.6 is 0 Å². The number of aromatic nitrogens is 4. The SMILES string of the molecule is c1ccc(COc2cccc(-c3ncc4cn[nH]c4n3)c2)cc1. The Balaban J connectivity index is 1.58. The minimum atomic E-state index is 0.532. The predicted molar refractivity (Wildman–Crippen MR) is 87.9 cm³/mol. The standard InChI is InChI=1S/C18H14N4O/c1-2-5-13(6-3-1)12-23-16-8-4-7-14(9-16)17-19-10-15-11-20-22-18(15)21-17/h1-11H,12H2,(H,19,20,21,22). The van der Waals surface area contributed by atoms with Crippen molar-refractivity contribution in [3.63, 3.8) is 0 Å². The number of benzene rings is 2. The lowest BCUT2D eigenvalue weighted by Crippen LogP contribution is -1.95. The molecule has 0 bridgehead atoms. The molecule has 2 aromatic carbocycles. The van der Waals surface area contributed by atoms with Crippen molar-refractivity contribution < 1.29 is 4.74 Å². The molecular formula is C18H14N4O. The molecule has 0 saturated carbocycles. The number of ether oxygens (including phenoxy) is 1. The molecular weight excluding hydrogens is 288 g/mol. The van der Waals surface area contributed by atoms with Crippen LogP contribution in [0.3, 0.4) is 0 Å². The summed E-state index contributed by atoms with van der Waals surface area (Å²) in [6.45, 7) is 0.532. The van der Waals surface area contributed by atoms with Crippen LogP contribution in [0.25, 0.3) is 22.4 Å². The monoisotopic (exact) mass is 302 g/mol. The van der Waals surface area contributed by atoms with Crippen LogP contribution in [-0.2, 0) is 6.61 Å². The van der Waals surface area contributed by atoms with Crippen molar-refractivity contribution in [3.8, 4) is 17.1 Å². The molecule has 112 valence electrons. The van der Waals surface area contributed by atoms with E-state index in [1.165, 1.54) is 0 Å². The lowest BCUT2D eigenvalue weighted by molar-refractivity contribution is 0.306. The van der Waals surface area contributed by atoms with Crippen LogP contribution in [0.15, 0.2) is 67.0 Å². The number of nitrogens with zero attached hydrogens (tertiary/aromatic N) is 3. The van der Waals surface area contributed by atoms with Crippen molar-refractivity contribution in [3.05, 3.63) is 72.6 Å². The van der Waals surface area contributed by atoms with E-state index in [4.69, 9.17) is 4.74 Å². The third-order valence-electron chi connectivity index (χ3n) is 3.53. The minimum Gasteiger partial charge on any atom is -0.489 e. The molecule has 0 unspecified atom stereocenters. The van der Waals surface area contributed by atoms with E-state index >= 15 is 0 Å². The molecule has 0 spiro atoms. The lowest BCUT2D eigenvalue weighted by atomic mass is 10.2. The van der Waals surface area contributed by atoms with Gasteiger partial charge in [0.15, 0.2) is 11.5 Å². The van der Waals surface area contributed by atoms with E-state index in [1.54, 1.807) is 12.4 Å². The highest BCUT2D eigenvalue weighted by molar-refractivity contribution is 5.75. The van der Waals surface area contributed by atoms with Gasteiger partial charge in [0, 0.05) is 11.8 Å². The average Bonchev–Trinajstić information content (AvgIpc) is 3.09. The van der Waals surface area contributed by atoms with Crippen molar-refractivity contribution >= 4 is 11.0 Å². The quantitative estimate of drug-likeness (QED) is 0.625. The summed E-state index contributed by atoms with van der Waals surface area (Å²) in [6.07, 6.45) is 3.47. The van der Waals surface area contributed by atoms with Crippen molar-refractivity contribution in [2.75, 3.05) is 0 Å². The fourth-order valence-corrected chi connectivity index (χ4v) is 2.34. The molecule has 0 saturated heterocycles. The van der Waals surface area contributed by atoms with Crippen LogP contribution < -0.4 is 4.74 Å². The Kier molecular flexibility index (Phi) is 3.44. The predicted octanol–water partition coefficient (Wildman–Crippen LogP) is 3.60. The molecule has 4 aromatic rings. The highest BCUT2D eigenvalue weighted by Crippen LogP contribution is 2.22. The second-order valence-electron chi connectivity index (χ2n) is 5.17. The van der Waals surface area contributed by atoms with Crippen LogP contribution in [0.4, 0.5) is 0 Å². The Morgan fingerprint density at radius 3 is 2.78 bits per heavy atom. The highest BCUT2D eigenvalue weighted by atomic mass is 16.5.